The van der Waals surface area contributed by atoms with Crippen molar-refractivity contribution in [3.05, 3.63) is 160 Å². The normalized spacial score (nSPS) is 17.2. The summed E-state index contributed by atoms with van der Waals surface area (Å²) in [6.07, 6.45) is 8.43. The Morgan fingerprint density at radius 1 is 0.617 bits per heavy atom. The smallest absolute Gasteiger partial charge is 0.321 e. The molecule has 5 N–H and O–H groups in total. The maximum absolute atomic E-state index is 12.1. The van der Waals surface area contributed by atoms with Gasteiger partial charge in [0.15, 0.2) is 5.82 Å². The molecule has 0 saturated heterocycles. The third-order valence-corrected chi connectivity index (χ3v) is 13.5. The van der Waals surface area contributed by atoms with Gasteiger partial charge in [0.25, 0.3) is 0 Å². The SMILES string of the molecule is CCN1CCc2nc(-c3ccc(C4(N)CCC4)cc3)c(-c3ccccc3)cc2C1.NC1(c2ccc(-c3nc4c(cc3-c3ccccc3)-c3n[nH]c(=O)n3CC4)cc2)CCC1. The number of likely N-dealkylation sites (N-methyl/N-ethyl adjacent to an activating group) is 1. The number of rotatable bonds is 7. The minimum atomic E-state index is -0.173. The number of fused-ring (bicyclic) bond motifs is 4. The van der Waals surface area contributed by atoms with Gasteiger partial charge in [-0.15, -0.1) is 0 Å². The fraction of sp³-hybridized carbons (Fsp3) is 0.294. The zero-order chi connectivity index (χ0) is 40.8. The van der Waals surface area contributed by atoms with Crippen LogP contribution in [0, 0.1) is 0 Å². The molecule has 2 saturated carbocycles. The van der Waals surface area contributed by atoms with E-state index in [2.05, 4.69) is 125 Å². The molecule has 7 aromatic rings. The number of aryl methyl sites for hydroxylation is 1. The Hall–Kier alpha value is -6.00. The lowest BCUT2D eigenvalue weighted by molar-refractivity contribution is 0.253. The molecule has 0 bridgehead atoms. The minimum absolute atomic E-state index is 0.117. The molecule has 4 aromatic carbocycles. The Morgan fingerprint density at radius 3 is 1.65 bits per heavy atom. The van der Waals surface area contributed by atoms with Crippen LogP contribution < -0.4 is 17.2 Å². The van der Waals surface area contributed by atoms with E-state index < -0.39 is 0 Å². The zero-order valence-corrected chi connectivity index (χ0v) is 34.3. The van der Waals surface area contributed by atoms with E-state index in [-0.39, 0.29) is 16.8 Å². The van der Waals surface area contributed by atoms with Crippen molar-refractivity contribution in [1.29, 1.82) is 0 Å². The van der Waals surface area contributed by atoms with Crippen molar-refractivity contribution in [2.24, 2.45) is 11.5 Å². The lowest BCUT2D eigenvalue weighted by Gasteiger charge is -2.38. The van der Waals surface area contributed by atoms with Gasteiger partial charge in [-0.2, -0.15) is 5.10 Å². The predicted molar refractivity (Wildman–Crippen MR) is 240 cm³/mol. The fourth-order valence-corrected chi connectivity index (χ4v) is 9.41. The number of nitrogens with zero attached hydrogens (tertiary/aromatic N) is 5. The average Bonchev–Trinajstić information content (AvgIpc) is 3.67. The van der Waals surface area contributed by atoms with Crippen LogP contribution in [0.25, 0.3) is 56.2 Å². The first-order valence-corrected chi connectivity index (χ1v) is 21.6. The topological polar surface area (TPSA) is 132 Å². The van der Waals surface area contributed by atoms with Crippen molar-refractivity contribution in [1.82, 2.24) is 29.6 Å². The highest BCUT2D eigenvalue weighted by Crippen LogP contribution is 2.42. The van der Waals surface area contributed by atoms with Crippen molar-refractivity contribution in [3.8, 4) is 56.2 Å². The van der Waals surface area contributed by atoms with E-state index in [0.29, 0.717) is 18.8 Å². The van der Waals surface area contributed by atoms with Crippen LogP contribution in [0.3, 0.4) is 0 Å². The first-order chi connectivity index (χ1) is 29.3. The molecule has 3 aromatic heterocycles. The first kappa shape index (κ1) is 38.2. The van der Waals surface area contributed by atoms with E-state index in [1.165, 1.54) is 51.9 Å². The van der Waals surface area contributed by atoms with Crippen molar-refractivity contribution in [2.45, 2.75) is 82.5 Å². The summed E-state index contributed by atoms with van der Waals surface area (Å²) in [7, 11) is 0. The summed E-state index contributed by atoms with van der Waals surface area (Å²) in [5.74, 6) is 0.660. The number of nitrogens with one attached hydrogen (secondary N) is 1. The molecule has 5 heterocycles. The van der Waals surface area contributed by atoms with E-state index in [0.717, 1.165) is 91.1 Å². The molecule has 2 aliphatic heterocycles. The Bertz CT molecular complexity index is 2710. The molecule has 9 heteroatoms. The molecule has 0 amide bonds. The van der Waals surface area contributed by atoms with E-state index in [1.54, 1.807) is 4.57 Å². The number of hydrogen-bond acceptors (Lipinski definition) is 7. The van der Waals surface area contributed by atoms with Crippen molar-refractivity contribution < 1.29 is 0 Å². The molecule has 0 spiro atoms. The standard InChI is InChI=1S/C26H29N3.C25H23N5O/c1-2-29-16-13-24-21(18-29)17-23(19-7-4-3-5-8-19)25(28-24)20-9-11-22(12-10-20)26(27)14-6-15-26;26-25(12-4-13-25)18-9-7-17(8-10-18)22-19(16-5-2-1-3-6-16)15-20-21(27-22)11-14-30-23(20)28-29-24(30)31/h3-5,7-12,17H,2,6,13-16,18,27H2,1H3;1-3,5-10,15H,4,11-14,26H2,(H,29,31). The van der Waals surface area contributed by atoms with Crippen LogP contribution in [0.4, 0.5) is 0 Å². The van der Waals surface area contributed by atoms with Gasteiger partial charge in [-0.1, -0.05) is 116 Å². The summed E-state index contributed by atoms with van der Waals surface area (Å²) in [5.41, 5.74) is 28.4. The number of nitrogens with two attached hydrogens (primary N) is 2. The Balaban J connectivity index is 0.000000145. The summed E-state index contributed by atoms with van der Waals surface area (Å²) >= 11 is 0. The number of pyridine rings is 2. The average molecular weight is 793 g/mol. The quantitative estimate of drug-likeness (QED) is 0.147. The van der Waals surface area contributed by atoms with Gasteiger partial charge in [0, 0.05) is 77.1 Å². The van der Waals surface area contributed by atoms with E-state index in [1.807, 2.05) is 18.2 Å². The number of aromatic amines is 1. The van der Waals surface area contributed by atoms with Crippen molar-refractivity contribution in [3.63, 3.8) is 0 Å². The highest BCUT2D eigenvalue weighted by molar-refractivity contribution is 5.85. The zero-order valence-electron chi connectivity index (χ0n) is 34.3. The van der Waals surface area contributed by atoms with Crippen LogP contribution in [0.15, 0.2) is 126 Å². The summed E-state index contributed by atoms with van der Waals surface area (Å²) < 4.78 is 1.69. The summed E-state index contributed by atoms with van der Waals surface area (Å²) in [6, 6.07) is 42.8. The molecule has 0 unspecified atom stereocenters. The molecule has 60 heavy (non-hydrogen) atoms. The third-order valence-electron chi connectivity index (χ3n) is 13.5. The summed E-state index contributed by atoms with van der Waals surface area (Å²) in [5, 5.41) is 6.84. The number of hydrogen-bond donors (Lipinski definition) is 3. The maximum atomic E-state index is 12.1. The van der Waals surface area contributed by atoms with Gasteiger partial charge in [-0.3, -0.25) is 19.4 Å². The van der Waals surface area contributed by atoms with Gasteiger partial charge in [0.2, 0.25) is 0 Å². The highest BCUT2D eigenvalue weighted by Gasteiger charge is 2.35. The molecule has 2 aliphatic carbocycles. The Kier molecular flexibility index (Phi) is 9.90. The molecule has 0 radical (unpaired) electrons. The molecule has 11 rings (SSSR count). The lowest BCUT2D eigenvalue weighted by atomic mass is 9.72. The van der Waals surface area contributed by atoms with Crippen molar-refractivity contribution in [2.75, 3.05) is 13.1 Å². The number of aromatic nitrogens is 5. The monoisotopic (exact) mass is 792 g/mol. The van der Waals surface area contributed by atoms with Crippen molar-refractivity contribution >= 4 is 0 Å². The molecular formula is C51H52N8O. The Morgan fingerprint density at radius 2 is 1.13 bits per heavy atom. The molecular weight excluding hydrogens is 741 g/mol. The molecule has 302 valence electrons. The van der Waals surface area contributed by atoms with Crippen LogP contribution in [-0.4, -0.2) is 42.7 Å². The second-order valence-electron chi connectivity index (χ2n) is 17.1. The van der Waals surface area contributed by atoms with Gasteiger partial charge in [-0.05, 0) is 85.0 Å². The fourth-order valence-electron chi connectivity index (χ4n) is 9.41. The van der Waals surface area contributed by atoms with E-state index in [4.69, 9.17) is 21.4 Å². The molecule has 2 fully saturated rings. The van der Waals surface area contributed by atoms with Crippen LogP contribution in [0.2, 0.25) is 0 Å². The van der Waals surface area contributed by atoms with Gasteiger partial charge in [0.1, 0.15) is 0 Å². The Labute approximate surface area is 351 Å². The third kappa shape index (κ3) is 7.00. The first-order valence-electron chi connectivity index (χ1n) is 21.6. The van der Waals surface area contributed by atoms with Gasteiger partial charge >= 0.3 is 5.69 Å². The van der Waals surface area contributed by atoms with Crippen LogP contribution >= 0.6 is 0 Å². The minimum Gasteiger partial charge on any atom is -0.321 e. The number of H-pyrrole nitrogens is 1. The highest BCUT2D eigenvalue weighted by atomic mass is 16.1. The second-order valence-corrected chi connectivity index (χ2v) is 17.1. The predicted octanol–water partition coefficient (Wildman–Crippen LogP) is 8.99. The van der Waals surface area contributed by atoms with Crippen LogP contribution in [0.1, 0.15) is 73.5 Å². The van der Waals surface area contributed by atoms with Crippen LogP contribution in [0.5, 0.6) is 0 Å². The maximum Gasteiger partial charge on any atom is 0.343 e. The van der Waals surface area contributed by atoms with Gasteiger partial charge in [0.05, 0.1) is 17.1 Å². The van der Waals surface area contributed by atoms with Crippen LogP contribution in [-0.2, 0) is 37.0 Å². The van der Waals surface area contributed by atoms with E-state index >= 15 is 0 Å². The number of benzene rings is 4. The van der Waals surface area contributed by atoms with Gasteiger partial charge < -0.3 is 11.5 Å². The molecule has 0 atom stereocenters. The molecule has 9 nitrogen and oxygen atoms in total. The lowest BCUT2D eigenvalue weighted by Crippen LogP contribution is -2.43. The largest absolute Gasteiger partial charge is 0.343 e. The molecule has 4 aliphatic rings. The van der Waals surface area contributed by atoms with Gasteiger partial charge in [-0.25, -0.2) is 9.89 Å². The summed E-state index contributed by atoms with van der Waals surface area (Å²) in [4.78, 5) is 24.9. The second kappa shape index (κ2) is 15.6. The van der Waals surface area contributed by atoms with E-state index in [9.17, 15) is 4.79 Å². The summed E-state index contributed by atoms with van der Waals surface area (Å²) in [6.45, 7) is 6.00.